The second-order valence-electron chi connectivity index (χ2n) is 7.60. The maximum Gasteiger partial charge on any atom is 0.235 e. The average Bonchev–Trinajstić information content (AvgIpc) is 2.68. The summed E-state index contributed by atoms with van der Waals surface area (Å²) in [5, 5.41) is 5.79. The minimum Gasteiger partial charge on any atom is -0.497 e. The lowest BCUT2D eigenvalue weighted by atomic mass is 9.90. The molecule has 0 spiro atoms. The molecule has 0 aromatic heterocycles. The molecule has 1 aliphatic carbocycles. The van der Waals surface area contributed by atoms with Crippen molar-refractivity contribution in [1.82, 2.24) is 10.6 Å². The Morgan fingerprint density at radius 3 is 2.41 bits per heavy atom. The Balaban J connectivity index is 1.75. The molecule has 1 aliphatic rings. The standard InChI is InChI=1S/C22H32N2O3/c1-22(2,20(25)23-14-12-17-8-5-4-6-9-17)21(26)24-15-13-18-10-7-11-19(16-18)27-3/h7-8,10-11,16H,4-6,9,12-15H2,1-3H3,(H,23,25)(H,24,26). The van der Waals surface area contributed by atoms with E-state index in [0.29, 0.717) is 19.5 Å². The van der Waals surface area contributed by atoms with Crippen molar-refractivity contribution >= 4 is 11.8 Å². The van der Waals surface area contributed by atoms with E-state index in [9.17, 15) is 9.59 Å². The van der Waals surface area contributed by atoms with Crippen LogP contribution in [0.3, 0.4) is 0 Å². The van der Waals surface area contributed by atoms with Gasteiger partial charge in [-0.15, -0.1) is 0 Å². The Labute approximate surface area is 162 Å². The first-order valence-electron chi connectivity index (χ1n) is 9.81. The molecule has 5 nitrogen and oxygen atoms in total. The number of rotatable bonds is 9. The Hall–Kier alpha value is -2.30. The summed E-state index contributed by atoms with van der Waals surface area (Å²) in [6, 6.07) is 7.75. The molecule has 148 valence electrons. The average molecular weight is 373 g/mol. The van der Waals surface area contributed by atoms with Crippen LogP contribution < -0.4 is 15.4 Å². The topological polar surface area (TPSA) is 67.4 Å². The number of benzene rings is 1. The number of ether oxygens (including phenoxy) is 1. The summed E-state index contributed by atoms with van der Waals surface area (Å²) in [6.45, 7) is 4.41. The summed E-state index contributed by atoms with van der Waals surface area (Å²) >= 11 is 0. The minimum atomic E-state index is -1.09. The number of methoxy groups -OCH3 is 1. The number of carbonyl (C=O) groups excluding carboxylic acids is 2. The Morgan fingerprint density at radius 1 is 1.07 bits per heavy atom. The third-order valence-electron chi connectivity index (χ3n) is 5.09. The summed E-state index contributed by atoms with van der Waals surface area (Å²) in [7, 11) is 1.63. The van der Waals surface area contributed by atoms with Gasteiger partial charge in [0.15, 0.2) is 0 Å². The van der Waals surface area contributed by atoms with Gasteiger partial charge in [-0.3, -0.25) is 9.59 Å². The van der Waals surface area contributed by atoms with Gasteiger partial charge in [-0.1, -0.05) is 23.8 Å². The van der Waals surface area contributed by atoms with Crippen LogP contribution in [0.5, 0.6) is 5.75 Å². The predicted molar refractivity (Wildman–Crippen MR) is 108 cm³/mol. The Morgan fingerprint density at radius 2 is 1.78 bits per heavy atom. The molecule has 0 unspecified atom stereocenters. The zero-order valence-corrected chi connectivity index (χ0v) is 16.8. The van der Waals surface area contributed by atoms with E-state index in [0.717, 1.165) is 30.6 Å². The molecule has 0 fully saturated rings. The number of nitrogens with one attached hydrogen (secondary N) is 2. The lowest BCUT2D eigenvalue weighted by Crippen LogP contribution is -2.48. The van der Waals surface area contributed by atoms with E-state index in [-0.39, 0.29) is 11.8 Å². The highest BCUT2D eigenvalue weighted by atomic mass is 16.5. The molecule has 2 amide bonds. The molecule has 0 atom stereocenters. The van der Waals surface area contributed by atoms with Crippen molar-refractivity contribution < 1.29 is 14.3 Å². The van der Waals surface area contributed by atoms with Crippen LogP contribution in [-0.4, -0.2) is 32.0 Å². The summed E-state index contributed by atoms with van der Waals surface area (Å²) in [5.74, 6) is 0.323. The first-order chi connectivity index (χ1) is 12.9. The molecule has 2 N–H and O–H groups in total. The van der Waals surface area contributed by atoms with Crippen LogP contribution in [0, 0.1) is 5.41 Å². The number of hydrogen-bond acceptors (Lipinski definition) is 3. The SMILES string of the molecule is COc1cccc(CCNC(=O)C(C)(C)C(=O)NCCC2=CCCCC2)c1. The highest BCUT2D eigenvalue weighted by molar-refractivity contribution is 6.04. The minimum absolute atomic E-state index is 0.224. The van der Waals surface area contributed by atoms with Crippen molar-refractivity contribution in [1.29, 1.82) is 0 Å². The van der Waals surface area contributed by atoms with Crippen LogP contribution in [0.15, 0.2) is 35.9 Å². The van der Waals surface area contributed by atoms with Crippen LogP contribution in [0.1, 0.15) is 51.5 Å². The van der Waals surface area contributed by atoms with Gasteiger partial charge < -0.3 is 15.4 Å². The van der Waals surface area contributed by atoms with Gasteiger partial charge in [-0.25, -0.2) is 0 Å². The molecule has 2 rings (SSSR count). The molecule has 1 aromatic rings. The lowest BCUT2D eigenvalue weighted by Gasteiger charge is -2.23. The van der Waals surface area contributed by atoms with E-state index < -0.39 is 5.41 Å². The molecule has 0 heterocycles. The molecule has 1 aromatic carbocycles. The first kappa shape index (κ1) is 21.0. The molecule has 0 saturated heterocycles. The third kappa shape index (κ3) is 6.42. The fraction of sp³-hybridized carbons (Fsp3) is 0.545. The second kappa shape index (κ2) is 10.1. The number of amides is 2. The molecule has 5 heteroatoms. The van der Waals surface area contributed by atoms with E-state index in [4.69, 9.17) is 4.74 Å². The molecule has 0 bridgehead atoms. The summed E-state index contributed by atoms with van der Waals surface area (Å²) < 4.78 is 5.21. The molecule has 0 radical (unpaired) electrons. The maximum absolute atomic E-state index is 12.5. The molecular formula is C22H32N2O3. The number of carbonyl (C=O) groups is 2. The predicted octanol–water partition coefficient (Wildman–Crippen LogP) is 3.39. The van der Waals surface area contributed by atoms with Crippen LogP contribution in [0.4, 0.5) is 0 Å². The monoisotopic (exact) mass is 372 g/mol. The second-order valence-corrected chi connectivity index (χ2v) is 7.60. The van der Waals surface area contributed by atoms with Crippen molar-refractivity contribution in [2.45, 2.75) is 52.4 Å². The fourth-order valence-corrected chi connectivity index (χ4v) is 3.16. The van der Waals surface area contributed by atoms with Gasteiger partial charge in [0.25, 0.3) is 0 Å². The maximum atomic E-state index is 12.5. The summed E-state index contributed by atoms with van der Waals surface area (Å²) in [6.07, 6.45) is 8.62. The highest BCUT2D eigenvalue weighted by Crippen LogP contribution is 2.20. The van der Waals surface area contributed by atoms with E-state index in [1.807, 2.05) is 24.3 Å². The van der Waals surface area contributed by atoms with Gasteiger partial charge in [-0.05, 0) is 70.1 Å². The molecule has 27 heavy (non-hydrogen) atoms. The van der Waals surface area contributed by atoms with Gasteiger partial charge in [0, 0.05) is 13.1 Å². The number of allylic oxidation sites excluding steroid dienone is 1. The molecular weight excluding hydrogens is 340 g/mol. The summed E-state index contributed by atoms with van der Waals surface area (Å²) in [5.41, 5.74) is 1.41. The zero-order chi connectivity index (χ0) is 19.7. The molecule has 0 aliphatic heterocycles. The van der Waals surface area contributed by atoms with Crippen molar-refractivity contribution in [2.75, 3.05) is 20.2 Å². The Bertz CT molecular complexity index is 680. The van der Waals surface area contributed by atoms with Gasteiger partial charge in [-0.2, -0.15) is 0 Å². The number of hydrogen-bond donors (Lipinski definition) is 2. The van der Waals surface area contributed by atoms with Crippen molar-refractivity contribution in [2.24, 2.45) is 5.41 Å². The van der Waals surface area contributed by atoms with Gasteiger partial charge in [0.2, 0.25) is 11.8 Å². The summed E-state index contributed by atoms with van der Waals surface area (Å²) in [4.78, 5) is 24.9. The normalized spacial score (nSPS) is 14.3. The third-order valence-corrected chi connectivity index (χ3v) is 5.09. The zero-order valence-electron chi connectivity index (χ0n) is 16.8. The smallest absolute Gasteiger partial charge is 0.235 e. The van der Waals surface area contributed by atoms with Crippen molar-refractivity contribution in [3.63, 3.8) is 0 Å². The Kier molecular flexibility index (Phi) is 7.89. The van der Waals surface area contributed by atoms with E-state index in [2.05, 4.69) is 16.7 Å². The van der Waals surface area contributed by atoms with Crippen LogP contribution in [0.25, 0.3) is 0 Å². The van der Waals surface area contributed by atoms with Crippen LogP contribution in [0.2, 0.25) is 0 Å². The van der Waals surface area contributed by atoms with Crippen molar-refractivity contribution in [3.8, 4) is 5.75 Å². The van der Waals surface area contributed by atoms with Gasteiger partial charge in [0.05, 0.1) is 7.11 Å². The van der Waals surface area contributed by atoms with Crippen LogP contribution in [-0.2, 0) is 16.0 Å². The van der Waals surface area contributed by atoms with Crippen LogP contribution >= 0.6 is 0 Å². The largest absolute Gasteiger partial charge is 0.497 e. The molecule has 0 saturated carbocycles. The van der Waals surface area contributed by atoms with Crippen molar-refractivity contribution in [3.05, 3.63) is 41.5 Å². The van der Waals surface area contributed by atoms with Gasteiger partial charge in [0.1, 0.15) is 11.2 Å². The van der Waals surface area contributed by atoms with Gasteiger partial charge >= 0.3 is 0 Å². The van der Waals surface area contributed by atoms with E-state index in [1.165, 1.54) is 18.4 Å². The highest BCUT2D eigenvalue weighted by Gasteiger charge is 2.35. The quantitative estimate of drug-likeness (QED) is 0.516. The lowest BCUT2D eigenvalue weighted by molar-refractivity contribution is -0.141. The fourth-order valence-electron chi connectivity index (χ4n) is 3.16. The first-order valence-corrected chi connectivity index (χ1v) is 9.81. The van der Waals surface area contributed by atoms with E-state index in [1.54, 1.807) is 21.0 Å². The van der Waals surface area contributed by atoms with E-state index >= 15 is 0 Å².